The van der Waals surface area contributed by atoms with Crippen LogP contribution < -0.4 is 16.6 Å². The van der Waals surface area contributed by atoms with Gasteiger partial charge in [0, 0.05) is 0 Å². The van der Waals surface area contributed by atoms with Crippen LogP contribution in [0.25, 0.3) is 0 Å². The summed E-state index contributed by atoms with van der Waals surface area (Å²) < 4.78 is 0. The van der Waals surface area contributed by atoms with Crippen LogP contribution in [0.15, 0.2) is 30.3 Å². The summed E-state index contributed by atoms with van der Waals surface area (Å²) >= 11 is 0. The van der Waals surface area contributed by atoms with Crippen LogP contribution in [0.4, 0.5) is 5.69 Å². The molecule has 0 heterocycles. The van der Waals surface area contributed by atoms with E-state index in [0.717, 1.165) is 5.69 Å². The van der Waals surface area contributed by atoms with Crippen LogP contribution in [-0.4, -0.2) is 11.4 Å². The van der Waals surface area contributed by atoms with Crippen molar-refractivity contribution in [3.8, 4) is 0 Å². The summed E-state index contributed by atoms with van der Waals surface area (Å²) in [4.78, 5) is 11.1. The van der Waals surface area contributed by atoms with Crippen molar-refractivity contribution in [2.45, 2.75) is 19.4 Å². The summed E-state index contributed by atoms with van der Waals surface area (Å²) in [5.74, 6) is 5.35. The molecule has 0 aliphatic rings. The maximum atomic E-state index is 11.1. The number of nitrogens with two attached hydrogens (primary N) is 2. The number of rotatable bonds is 3. The lowest BCUT2D eigenvalue weighted by Gasteiger charge is -2.33. The maximum Gasteiger partial charge on any atom is 0.244 e. The average Bonchev–Trinajstić information content (AvgIpc) is 2.17. The van der Waals surface area contributed by atoms with Crippen molar-refractivity contribution < 1.29 is 4.79 Å². The van der Waals surface area contributed by atoms with Crippen LogP contribution in [0.3, 0.4) is 0 Å². The van der Waals surface area contributed by atoms with Gasteiger partial charge in [-0.3, -0.25) is 9.80 Å². The van der Waals surface area contributed by atoms with Gasteiger partial charge in [-0.15, -0.1) is 0 Å². The van der Waals surface area contributed by atoms with Crippen molar-refractivity contribution in [2.24, 2.45) is 11.6 Å². The molecule has 0 saturated carbocycles. The summed E-state index contributed by atoms with van der Waals surface area (Å²) in [6, 6.07) is 9.24. The average molecular weight is 193 g/mol. The molecule has 0 aliphatic heterocycles. The highest BCUT2D eigenvalue weighted by atomic mass is 16.1. The molecule has 0 unspecified atom stereocenters. The molecule has 1 aromatic carbocycles. The Kier molecular flexibility index (Phi) is 2.76. The van der Waals surface area contributed by atoms with E-state index in [1.807, 2.05) is 30.3 Å². The first-order valence-corrected chi connectivity index (χ1v) is 4.36. The molecule has 0 aromatic heterocycles. The molecule has 0 bridgehead atoms. The number of carbonyl (C=O) groups excluding carboxylic acids is 1. The molecule has 0 radical (unpaired) electrons. The molecule has 4 heteroatoms. The zero-order valence-electron chi connectivity index (χ0n) is 8.40. The third-order valence-electron chi connectivity index (χ3n) is 2.24. The van der Waals surface area contributed by atoms with E-state index in [9.17, 15) is 4.79 Å². The highest BCUT2D eigenvalue weighted by Gasteiger charge is 2.30. The van der Waals surface area contributed by atoms with E-state index in [0.29, 0.717) is 0 Å². The fourth-order valence-corrected chi connectivity index (χ4v) is 1.03. The van der Waals surface area contributed by atoms with Crippen molar-refractivity contribution >= 4 is 11.6 Å². The standard InChI is InChI=1S/C10H15N3O/c1-10(2,9(11)14)13(12)8-6-4-3-5-7-8/h3-7H,12H2,1-2H3,(H2,11,14). The van der Waals surface area contributed by atoms with E-state index >= 15 is 0 Å². The number of primary amides is 1. The van der Waals surface area contributed by atoms with E-state index in [-0.39, 0.29) is 0 Å². The highest BCUT2D eigenvalue weighted by Crippen LogP contribution is 2.19. The van der Waals surface area contributed by atoms with E-state index < -0.39 is 11.4 Å². The first-order valence-electron chi connectivity index (χ1n) is 4.36. The summed E-state index contributed by atoms with van der Waals surface area (Å²) in [5.41, 5.74) is 5.12. The Morgan fingerprint density at radius 2 is 1.79 bits per heavy atom. The minimum atomic E-state index is -0.888. The number of nitrogens with zero attached hydrogens (tertiary/aromatic N) is 1. The van der Waals surface area contributed by atoms with Crippen molar-refractivity contribution in [2.75, 3.05) is 5.01 Å². The lowest BCUT2D eigenvalue weighted by Crippen LogP contribution is -2.57. The van der Waals surface area contributed by atoms with Gasteiger partial charge >= 0.3 is 0 Å². The van der Waals surface area contributed by atoms with Gasteiger partial charge in [-0.05, 0) is 26.0 Å². The Morgan fingerprint density at radius 1 is 1.29 bits per heavy atom. The smallest absolute Gasteiger partial charge is 0.244 e. The first-order chi connectivity index (χ1) is 6.46. The van der Waals surface area contributed by atoms with Gasteiger partial charge in [0.2, 0.25) is 5.91 Å². The molecular formula is C10H15N3O. The van der Waals surface area contributed by atoms with E-state index in [4.69, 9.17) is 11.6 Å². The van der Waals surface area contributed by atoms with Crippen LogP contribution in [0.1, 0.15) is 13.8 Å². The minimum Gasteiger partial charge on any atom is -0.368 e. The van der Waals surface area contributed by atoms with Gasteiger partial charge in [-0.1, -0.05) is 18.2 Å². The van der Waals surface area contributed by atoms with E-state index in [1.165, 1.54) is 5.01 Å². The van der Waals surface area contributed by atoms with E-state index in [1.54, 1.807) is 13.8 Å². The Labute approximate surface area is 83.5 Å². The predicted molar refractivity (Wildman–Crippen MR) is 56.4 cm³/mol. The van der Waals surface area contributed by atoms with E-state index in [2.05, 4.69) is 0 Å². The molecule has 14 heavy (non-hydrogen) atoms. The van der Waals surface area contributed by atoms with Crippen LogP contribution in [0.2, 0.25) is 0 Å². The Balaban J connectivity index is 2.96. The summed E-state index contributed by atoms with van der Waals surface area (Å²) in [5, 5.41) is 1.37. The first kappa shape index (κ1) is 10.5. The number of para-hydroxylation sites is 1. The SMILES string of the molecule is CC(C)(C(N)=O)N(N)c1ccccc1. The number of carbonyl (C=O) groups is 1. The number of hydrazine groups is 1. The molecule has 4 nitrogen and oxygen atoms in total. The molecule has 0 spiro atoms. The van der Waals surface area contributed by atoms with Crippen molar-refractivity contribution in [1.82, 2.24) is 0 Å². The molecule has 4 N–H and O–H groups in total. The predicted octanol–water partition coefficient (Wildman–Crippen LogP) is 0.631. The van der Waals surface area contributed by atoms with Crippen LogP contribution in [-0.2, 0) is 4.79 Å². The quantitative estimate of drug-likeness (QED) is 0.546. The lowest BCUT2D eigenvalue weighted by molar-refractivity contribution is -0.122. The second-order valence-electron chi connectivity index (χ2n) is 3.63. The Hall–Kier alpha value is -1.55. The minimum absolute atomic E-state index is 0.455. The Bertz CT molecular complexity index is 321. The lowest BCUT2D eigenvalue weighted by atomic mass is 10.0. The van der Waals surface area contributed by atoms with Crippen molar-refractivity contribution in [3.63, 3.8) is 0 Å². The number of anilines is 1. The molecule has 1 amide bonds. The van der Waals surface area contributed by atoms with Crippen molar-refractivity contribution in [1.29, 1.82) is 0 Å². The van der Waals surface area contributed by atoms with Gasteiger partial charge in [-0.25, -0.2) is 5.84 Å². The van der Waals surface area contributed by atoms with Gasteiger partial charge in [0.25, 0.3) is 0 Å². The van der Waals surface area contributed by atoms with Crippen LogP contribution in [0, 0.1) is 0 Å². The summed E-state index contributed by atoms with van der Waals surface area (Å²) in [6.45, 7) is 3.37. The number of amides is 1. The Morgan fingerprint density at radius 3 is 2.21 bits per heavy atom. The molecule has 76 valence electrons. The molecule has 0 fully saturated rings. The van der Waals surface area contributed by atoms with Crippen LogP contribution in [0.5, 0.6) is 0 Å². The van der Waals surface area contributed by atoms with Gasteiger partial charge in [0.05, 0.1) is 5.69 Å². The number of benzene rings is 1. The zero-order chi connectivity index (χ0) is 10.8. The molecule has 0 aliphatic carbocycles. The molecule has 1 rings (SSSR count). The van der Waals surface area contributed by atoms with Gasteiger partial charge in [0.15, 0.2) is 0 Å². The third-order valence-corrected chi connectivity index (χ3v) is 2.24. The molecule has 0 atom stereocenters. The largest absolute Gasteiger partial charge is 0.368 e. The van der Waals surface area contributed by atoms with Crippen LogP contribution >= 0.6 is 0 Å². The topological polar surface area (TPSA) is 72.4 Å². The van der Waals surface area contributed by atoms with Gasteiger partial charge in [0.1, 0.15) is 5.54 Å². The van der Waals surface area contributed by atoms with Gasteiger partial charge in [-0.2, -0.15) is 0 Å². The third kappa shape index (κ3) is 1.85. The summed E-state index contributed by atoms with van der Waals surface area (Å²) in [6.07, 6.45) is 0. The second-order valence-corrected chi connectivity index (χ2v) is 3.63. The van der Waals surface area contributed by atoms with Gasteiger partial charge < -0.3 is 5.73 Å². The zero-order valence-corrected chi connectivity index (χ0v) is 8.40. The molecule has 0 saturated heterocycles. The normalized spacial score (nSPS) is 11.1. The summed E-state index contributed by atoms with van der Waals surface area (Å²) in [7, 11) is 0. The maximum absolute atomic E-state index is 11.1. The molecule has 1 aromatic rings. The number of hydrogen-bond donors (Lipinski definition) is 2. The monoisotopic (exact) mass is 193 g/mol. The second kappa shape index (κ2) is 3.67. The fraction of sp³-hybridized carbons (Fsp3) is 0.300. The van der Waals surface area contributed by atoms with Crippen molar-refractivity contribution in [3.05, 3.63) is 30.3 Å². The molecular weight excluding hydrogens is 178 g/mol. The fourth-order valence-electron chi connectivity index (χ4n) is 1.03. The highest BCUT2D eigenvalue weighted by molar-refractivity contribution is 5.87. The number of hydrogen-bond acceptors (Lipinski definition) is 3.